The minimum Gasteiger partial charge on any atom is -0.454 e. The Morgan fingerprint density at radius 3 is 2.26 bits per heavy atom. The summed E-state index contributed by atoms with van der Waals surface area (Å²) >= 11 is 0. The molecule has 8 heteroatoms. The maximum Gasteiger partial charge on any atom is 0.252 e. The number of carbonyl (C=O) groups is 3. The molecule has 1 unspecified atom stereocenters. The van der Waals surface area contributed by atoms with Gasteiger partial charge < -0.3 is 24.6 Å². The molecule has 1 aromatic carbocycles. The van der Waals surface area contributed by atoms with Crippen molar-refractivity contribution in [2.24, 2.45) is 11.8 Å². The van der Waals surface area contributed by atoms with E-state index in [0.717, 1.165) is 25.9 Å². The predicted molar refractivity (Wildman–Crippen MR) is 114 cm³/mol. The fourth-order valence-corrected chi connectivity index (χ4v) is 4.60. The van der Waals surface area contributed by atoms with E-state index < -0.39 is 6.04 Å². The van der Waals surface area contributed by atoms with Gasteiger partial charge in [0.1, 0.15) is 6.04 Å². The van der Waals surface area contributed by atoms with E-state index in [1.807, 2.05) is 23.6 Å². The molecule has 1 N–H and O–H groups in total. The maximum absolute atomic E-state index is 13.3. The summed E-state index contributed by atoms with van der Waals surface area (Å²) in [6.07, 6.45) is 3.39. The van der Waals surface area contributed by atoms with Crippen molar-refractivity contribution in [3.63, 3.8) is 0 Å². The van der Waals surface area contributed by atoms with Gasteiger partial charge in [0.25, 0.3) is 5.91 Å². The van der Waals surface area contributed by atoms with Crippen molar-refractivity contribution < 1.29 is 23.9 Å². The molecule has 3 amide bonds. The van der Waals surface area contributed by atoms with E-state index in [1.54, 1.807) is 18.2 Å². The van der Waals surface area contributed by atoms with Gasteiger partial charge in [-0.3, -0.25) is 14.4 Å². The molecule has 168 valence electrons. The Kier molecular flexibility index (Phi) is 6.34. The number of hydrogen-bond acceptors (Lipinski definition) is 5. The van der Waals surface area contributed by atoms with Gasteiger partial charge in [0.2, 0.25) is 18.6 Å². The highest BCUT2D eigenvalue weighted by atomic mass is 16.7. The van der Waals surface area contributed by atoms with Crippen LogP contribution in [-0.4, -0.2) is 66.5 Å². The van der Waals surface area contributed by atoms with Crippen LogP contribution in [-0.2, 0) is 9.59 Å². The van der Waals surface area contributed by atoms with Crippen LogP contribution in [0.3, 0.4) is 0 Å². The lowest BCUT2D eigenvalue weighted by molar-refractivity contribution is -0.137. The highest BCUT2D eigenvalue weighted by Crippen LogP contribution is 2.32. The Bertz CT molecular complexity index is 842. The molecule has 2 saturated heterocycles. The first-order chi connectivity index (χ1) is 14.9. The molecule has 8 nitrogen and oxygen atoms in total. The second kappa shape index (κ2) is 9.16. The van der Waals surface area contributed by atoms with Gasteiger partial charge in [0.05, 0.1) is 0 Å². The molecule has 0 aromatic heterocycles. The van der Waals surface area contributed by atoms with Gasteiger partial charge in [-0.15, -0.1) is 0 Å². The highest BCUT2D eigenvalue weighted by Gasteiger charge is 2.37. The Hall–Kier alpha value is -2.77. The third-order valence-electron chi connectivity index (χ3n) is 6.42. The number of carbonyl (C=O) groups excluding carboxylic acids is 3. The normalized spacial score (nSPS) is 19.6. The molecule has 2 fully saturated rings. The average Bonchev–Trinajstić information content (AvgIpc) is 3.48. The van der Waals surface area contributed by atoms with E-state index in [1.165, 1.54) is 0 Å². The summed E-state index contributed by atoms with van der Waals surface area (Å²) in [6.45, 7) is 6.65. The van der Waals surface area contributed by atoms with Crippen LogP contribution in [0.1, 0.15) is 49.9 Å². The molecule has 3 aliphatic rings. The van der Waals surface area contributed by atoms with Gasteiger partial charge in [0.15, 0.2) is 11.5 Å². The number of fused-ring (bicyclic) bond motifs is 1. The van der Waals surface area contributed by atoms with E-state index in [-0.39, 0.29) is 36.4 Å². The summed E-state index contributed by atoms with van der Waals surface area (Å²) in [7, 11) is 0. The third kappa shape index (κ3) is 4.62. The number of nitrogens with zero attached hydrogens (tertiary/aromatic N) is 2. The number of amides is 3. The predicted octanol–water partition coefficient (Wildman–Crippen LogP) is 2.03. The zero-order valence-electron chi connectivity index (χ0n) is 18.3. The molecule has 3 heterocycles. The Morgan fingerprint density at radius 1 is 0.935 bits per heavy atom. The topological polar surface area (TPSA) is 88.2 Å². The molecule has 31 heavy (non-hydrogen) atoms. The lowest BCUT2D eigenvalue weighted by Crippen LogP contribution is -2.54. The molecule has 1 atom stereocenters. The smallest absolute Gasteiger partial charge is 0.252 e. The number of hydrogen-bond donors (Lipinski definition) is 1. The van der Waals surface area contributed by atoms with Crippen LogP contribution in [0.5, 0.6) is 11.5 Å². The van der Waals surface area contributed by atoms with E-state index in [2.05, 4.69) is 5.32 Å². The minimum atomic E-state index is -0.590. The summed E-state index contributed by atoms with van der Waals surface area (Å²) in [4.78, 5) is 42.4. The van der Waals surface area contributed by atoms with Gasteiger partial charge >= 0.3 is 0 Å². The lowest BCUT2D eigenvalue weighted by Gasteiger charge is -2.37. The van der Waals surface area contributed by atoms with Crippen LogP contribution in [0.15, 0.2) is 18.2 Å². The Morgan fingerprint density at radius 2 is 1.58 bits per heavy atom. The fraction of sp³-hybridized carbons (Fsp3) is 0.609. The van der Waals surface area contributed by atoms with Gasteiger partial charge in [-0.1, -0.05) is 13.8 Å². The molecular weight excluding hydrogens is 398 g/mol. The van der Waals surface area contributed by atoms with Gasteiger partial charge in [-0.25, -0.2) is 0 Å². The second-order valence-corrected chi connectivity index (χ2v) is 8.87. The summed E-state index contributed by atoms with van der Waals surface area (Å²) in [5.41, 5.74) is 0.441. The van der Waals surface area contributed by atoms with Gasteiger partial charge in [-0.05, 0) is 49.8 Å². The monoisotopic (exact) mass is 429 g/mol. The number of benzene rings is 1. The van der Waals surface area contributed by atoms with Crippen LogP contribution in [0.2, 0.25) is 0 Å². The second-order valence-electron chi connectivity index (χ2n) is 8.87. The van der Waals surface area contributed by atoms with E-state index in [4.69, 9.17) is 9.47 Å². The lowest BCUT2D eigenvalue weighted by atomic mass is 9.87. The highest BCUT2D eigenvalue weighted by molar-refractivity contribution is 5.98. The number of likely N-dealkylation sites (tertiary alicyclic amines) is 2. The van der Waals surface area contributed by atoms with Crippen LogP contribution >= 0.6 is 0 Å². The third-order valence-corrected chi connectivity index (χ3v) is 6.42. The number of rotatable bonds is 5. The van der Waals surface area contributed by atoms with Crippen LogP contribution < -0.4 is 14.8 Å². The molecular formula is C23H31N3O5. The van der Waals surface area contributed by atoms with E-state index >= 15 is 0 Å². The van der Waals surface area contributed by atoms with Crippen molar-refractivity contribution in [1.29, 1.82) is 0 Å². The van der Waals surface area contributed by atoms with Crippen molar-refractivity contribution in [2.45, 2.75) is 45.6 Å². The molecule has 0 aliphatic carbocycles. The van der Waals surface area contributed by atoms with Gasteiger partial charge in [0, 0.05) is 37.7 Å². The molecule has 0 spiro atoms. The first-order valence-corrected chi connectivity index (χ1v) is 11.2. The fourth-order valence-electron chi connectivity index (χ4n) is 4.60. The number of piperidine rings is 1. The summed E-state index contributed by atoms with van der Waals surface area (Å²) in [5.74, 6) is 0.951. The average molecular weight is 430 g/mol. The van der Waals surface area contributed by atoms with E-state index in [0.29, 0.717) is 43.0 Å². The molecule has 4 rings (SSSR count). The molecule has 0 saturated carbocycles. The van der Waals surface area contributed by atoms with Crippen molar-refractivity contribution in [1.82, 2.24) is 15.1 Å². The van der Waals surface area contributed by atoms with Crippen molar-refractivity contribution in [3.8, 4) is 11.5 Å². The van der Waals surface area contributed by atoms with Crippen LogP contribution in [0.4, 0.5) is 0 Å². The minimum absolute atomic E-state index is 0.00210. The summed E-state index contributed by atoms with van der Waals surface area (Å²) in [6, 6.07) is 4.46. The molecule has 1 aromatic rings. The molecule has 3 aliphatic heterocycles. The quantitative estimate of drug-likeness (QED) is 0.774. The Labute approximate surface area is 182 Å². The first kappa shape index (κ1) is 21.5. The first-order valence-electron chi connectivity index (χ1n) is 11.2. The largest absolute Gasteiger partial charge is 0.454 e. The molecule has 0 radical (unpaired) electrons. The Balaban J connectivity index is 1.47. The zero-order chi connectivity index (χ0) is 22.0. The number of nitrogens with one attached hydrogen (secondary N) is 1. The van der Waals surface area contributed by atoms with Gasteiger partial charge in [-0.2, -0.15) is 0 Å². The van der Waals surface area contributed by atoms with Crippen molar-refractivity contribution in [3.05, 3.63) is 23.8 Å². The van der Waals surface area contributed by atoms with Crippen LogP contribution in [0, 0.1) is 11.8 Å². The van der Waals surface area contributed by atoms with Crippen molar-refractivity contribution >= 4 is 17.7 Å². The zero-order valence-corrected chi connectivity index (χ0v) is 18.3. The summed E-state index contributed by atoms with van der Waals surface area (Å²) in [5, 5.41) is 3.01. The van der Waals surface area contributed by atoms with Crippen LogP contribution in [0.25, 0.3) is 0 Å². The van der Waals surface area contributed by atoms with E-state index in [9.17, 15) is 14.4 Å². The maximum atomic E-state index is 13.3. The summed E-state index contributed by atoms with van der Waals surface area (Å²) < 4.78 is 10.7. The van der Waals surface area contributed by atoms with Crippen molar-refractivity contribution in [2.75, 3.05) is 33.0 Å². The molecule has 0 bridgehead atoms. The standard InChI is InChI=1S/C23H31N3O5/c1-15(2)22(28)26-11-7-16(8-12-26)20(23(29)25-9-3-4-10-25)24-21(27)17-5-6-18-19(13-17)31-14-30-18/h5-6,13,15-16,20H,3-4,7-12,14H2,1-2H3,(H,24,27). The SMILES string of the molecule is CC(C)C(=O)N1CCC(C(NC(=O)c2ccc3c(c2)OCO3)C(=O)N2CCCC2)CC1. The number of ether oxygens (including phenoxy) is 2.